The summed E-state index contributed by atoms with van der Waals surface area (Å²) < 4.78 is 12.8. The van der Waals surface area contributed by atoms with Crippen molar-refractivity contribution in [2.45, 2.75) is 31.4 Å². The van der Waals surface area contributed by atoms with E-state index in [4.69, 9.17) is 0 Å². The molecule has 2 nitrogen and oxygen atoms in total. The highest BCUT2D eigenvalue weighted by Gasteiger charge is 2.24. The van der Waals surface area contributed by atoms with Crippen LogP contribution in [0.25, 0.3) is 0 Å². The topological polar surface area (TPSA) is 32.3 Å². The monoisotopic (exact) mass is 195 g/mol. The molecule has 0 amide bonds. The molecule has 1 aliphatic carbocycles. The molecule has 2 N–H and O–H groups in total. The lowest BCUT2D eigenvalue weighted by molar-refractivity contribution is 0.172. The van der Waals surface area contributed by atoms with Gasteiger partial charge in [-0.25, -0.2) is 4.39 Å². The zero-order valence-electron chi connectivity index (χ0n) is 7.91. The molecule has 14 heavy (non-hydrogen) atoms. The Hall–Kier alpha value is -1.09. The summed E-state index contributed by atoms with van der Waals surface area (Å²) in [5, 5.41) is 12.7. The Morgan fingerprint density at radius 3 is 2.86 bits per heavy atom. The van der Waals surface area contributed by atoms with Crippen molar-refractivity contribution in [3.63, 3.8) is 0 Å². The summed E-state index contributed by atoms with van der Waals surface area (Å²) in [6.45, 7) is 0. The highest BCUT2D eigenvalue weighted by molar-refractivity contribution is 5.44. The van der Waals surface area contributed by atoms with Crippen LogP contribution in [0.5, 0.6) is 0 Å². The first-order valence-electron chi connectivity index (χ1n) is 4.96. The van der Waals surface area contributed by atoms with E-state index in [9.17, 15) is 9.50 Å². The van der Waals surface area contributed by atoms with Crippen LogP contribution in [0.4, 0.5) is 10.1 Å². The molecule has 1 aliphatic rings. The molecular formula is C11H14FNO. The molecule has 2 unspecified atom stereocenters. The van der Waals surface area contributed by atoms with Crippen molar-refractivity contribution >= 4 is 5.69 Å². The van der Waals surface area contributed by atoms with Crippen molar-refractivity contribution in [1.82, 2.24) is 0 Å². The molecule has 0 aromatic heterocycles. The largest absolute Gasteiger partial charge is 0.391 e. The van der Waals surface area contributed by atoms with Crippen molar-refractivity contribution in [2.75, 3.05) is 5.32 Å². The molecule has 1 aromatic rings. The first-order chi connectivity index (χ1) is 6.75. The molecule has 0 saturated heterocycles. The van der Waals surface area contributed by atoms with E-state index in [1.54, 1.807) is 6.07 Å². The predicted molar refractivity (Wildman–Crippen MR) is 53.7 cm³/mol. The summed E-state index contributed by atoms with van der Waals surface area (Å²) in [6.07, 6.45) is 2.54. The molecule has 0 bridgehead atoms. The minimum Gasteiger partial charge on any atom is -0.391 e. The van der Waals surface area contributed by atoms with Crippen LogP contribution >= 0.6 is 0 Å². The van der Waals surface area contributed by atoms with Gasteiger partial charge in [0.1, 0.15) is 5.82 Å². The van der Waals surface area contributed by atoms with Gasteiger partial charge in [0, 0.05) is 5.69 Å². The SMILES string of the molecule is OC1CCCC1Nc1cccc(F)c1. The standard InChI is InChI=1S/C11H14FNO/c12-8-3-1-4-9(7-8)13-10-5-2-6-11(10)14/h1,3-4,7,10-11,13-14H,2,5-6H2. The first-order valence-corrected chi connectivity index (χ1v) is 4.96. The summed E-state index contributed by atoms with van der Waals surface area (Å²) >= 11 is 0. The number of anilines is 1. The highest BCUT2D eigenvalue weighted by Crippen LogP contribution is 2.23. The maximum absolute atomic E-state index is 12.8. The Morgan fingerprint density at radius 2 is 2.21 bits per heavy atom. The van der Waals surface area contributed by atoms with E-state index in [0.29, 0.717) is 0 Å². The molecule has 1 fully saturated rings. The van der Waals surface area contributed by atoms with E-state index < -0.39 is 0 Å². The zero-order chi connectivity index (χ0) is 9.97. The molecule has 0 heterocycles. The Labute approximate surface area is 82.8 Å². The second-order valence-electron chi connectivity index (χ2n) is 3.76. The maximum atomic E-state index is 12.8. The van der Waals surface area contributed by atoms with Gasteiger partial charge >= 0.3 is 0 Å². The summed E-state index contributed by atoms with van der Waals surface area (Å²) in [7, 11) is 0. The molecule has 0 spiro atoms. The Morgan fingerprint density at radius 1 is 1.36 bits per heavy atom. The van der Waals surface area contributed by atoms with Crippen LogP contribution in [0.2, 0.25) is 0 Å². The van der Waals surface area contributed by atoms with Crippen LogP contribution in [0.3, 0.4) is 0 Å². The average Bonchev–Trinajstić information content (AvgIpc) is 2.52. The second kappa shape index (κ2) is 3.96. The van der Waals surface area contributed by atoms with Gasteiger partial charge in [0.25, 0.3) is 0 Å². The number of nitrogens with one attached hydrogen (secondary N) is 1. The van der Waals surface area contributed by atoms with E-state index >= 15 is 0 Å². The molecule has 1 saturated carbocycles. The van der Waals surface area contributed by atoms with Gasteiger partial charge in [0.15, 0.2) is 0 Å². The van der Waals surface area contributed by atoms with E-state index in [1.165, 1.54) is 12.1 Å². The Balaban J connectivity index is 2.03. The van der Waals surface area contributed by atoms with Crippen LogP contribution in [0.1, 0.15) is 19.3 Å². The molecule has 2 rings (SSSR count). The zero-order valence-corrected chi connectivity index (χ0v) is 7.91. The normalized spacial score (nSPS) is 26.4. The van der Waals surface area contributed by atoms with Crippen molar-refractivity contribution < 1.29 is 9.50 Å². The van der Waals surface area contributed by atoms with Gasteiger partial charge in [0.05, 0.1) is 12.1 Å². The van der Waals surface area contributed by atoms with Gasteiger partial charge in [0.2, 0.25) is 0 Å². The minimum absolute atomic E-state index is 0.0804. The van der Waals surface area contributed by atoms with Crippen LogP contribution in [0.15, 0.2) is 24.3 Å². The predicted octanol–water partition coefficient (Wildman–Crippen LogP) is 2.15. The Bertz CT molecular complexity index is 316. The fraction of sp³-hybridized carbons (Fsp3) is 0.455. The third-order valence-corrected chi connectivity index (χ3v) is 2.66. The lowest BCUT2D eigenvalue weighted by atomic mass is 10.2. The first kappa shape index (κ1) is 9.46. The molecule has 0 radical (unpaired) electrons. The fourth-order valence-electron chi connectivity index (χ4n) is 1.90. The van der Waals surface area contributed by atoms with Crippen molar-refractivity contribution in [3.05, 3.63) is 30.1 Å². The van der Waals surface area contributed by atoms with Gasteiger partial charge in [-0.05, 0) is 37.5 Å². The van der Waals surface area contributed by atoms with E-state index in [1.807, 2.05) is 6.07 Å². The highest BCUT2D eigenvalue weighted by atomic mass is 19.1. The Kier molecular flexibility index (Phi) is 2.68. The van der Waals surface area contributed by atoms with E-state index in [2.05, 4.69) is 5.32 Å². The molecular weight excluding hydrogens is 181 g/mol. The average molecular weight is 195 g/mol. The van der Waals surface area contributed by atoms with Crippen molar-refractivity contribution in [3.8, 4) is 0 Å². The number of rotatable bonds is 2. The van der Waals surface area contributed by atoms with Crippen molar-refractivity contribution in [2.24, 2.45) is 0 Å². The number of hydrogen-bond donors (Lipinski definition) is 2. The van der Waals surface area contributed by atoms with Gasteiger partial charge in [-0.2, -0.15) is 0 Å². The maximum Gasteiger partial charge on any atom is 0.125 e. The third-order valence-electron chi connectivity index (χ3n) is 2.66. The van der Waals surface area contributed by atoms with Gasteiger partial charge in [-0.3, -0.25) is 0 Å². The van der Waals surface area contributed by atoms with Crippen LogP contribution in [0, 0.1) is 5.82 Å². The summed E-state index contributed by atoms with van der Waals surface area (Å²) in [5.41, 5.74) is 0.746. The number of benzene rings is 1. The van der Waals surface area contributed by atoms with E-state index in [0.717, 1.165) is 24.9 Å². The van der Waals surface area contributed by atoms with Gasteiger partial charge in [-0.15, -0.1) is 0 Å². The smallest absolute Gasteiger partial charge is 0.125 e. The molecule has 3 heteroatoms. The van der Waals surface area contributed by atoms with Crippen LogP contribution in [-0.2, 0) is 0 Å². The number of aliphatic hydroxyl groups is 1. The fourth-order valence-corrected chi connectivity index (χ4v) is 1.90. The van der Waals surface area contributed by atoms with Crippen molar-refractivity contribution in [1.29, 1.82) is 0 Å². The second-order valence-corrected chi connectivity index (χ2v) is 3.76. The lowest BCUT2D eigenvalue weighted by Crippen LogP contribution is -2.27. The van der Waals surface area contributed by atoms with Gasteiger partial charge < -0.3 is 10.4 Å². The number of hydrogen-bond acceptors (Lipinski definition) is 2. The summed E-state index contributed by atoms with van der Waals surface area (Å²) in [6, 6.07) is 6.42. The summed E-state index contributed by atoms with van der Waals surface area (Å²) in [5.74, 6) is -0.248. The van der Waals surface area contributed by atoms with Crippen LogP contribution in [-0.4, -0.2) is 17.3 Å². The van der Waals surface area contributed by atoms with Gasteiger partial charge in [-0.1, -0.05) is 6.07 Å². The van der Waals surface area contributed by atoms with Crippen LogP contribution < -0.4 is 5.32 Å². The lowest BCUT2D eigenvalue weighted by Gasteiger charge is -2.17. The minimum atomic E-state index is -0.293. The quantitative estimate of drug-likeness (QED) is 0.757. The molecule has 0 aliphatic heterocycles. The summed E-state index contributed by atoms with van der Waals surface area (Å²) in [4.78, 5) is 0. The molecule has 1 aromatic carbocycles. The number of aliphatic hydroxyl groups excluding tert-OH is 1. The number of halogens is 1. The van der Waals surface area contributed by atoms with E-state index in [-0.39, 0.29) is 18.0 Å². The molecule has 76 valence electrons. The third kappa shape index (κ3) is 2.04. The molecule has 2 atom stereocenters.